The van der Waals surface area contributed by atoms with E-state index in [2.05, 4.69) is 15.6 Å². The standard InChI is InChI=1S/C10H13N3O/c1-7-2-3-8(4-12-7)10(14)13-9-5-11-6-9/h2-4,9,11H,5-6H2,1H3,(H,13,14). The first-order valence-electron chi connectivity index (χ1n) is 4.70. The smallest absolute Gasteiger partial charge is 0.253 e. The zero-order valence-electron chi connectivity index (χ0n) is 8.08. The molecule has 0 bridgehead atoms. The van der Waals surface area contributed by atoms with Gasteiger partial charge in [-0.25, -0.2) is 0 Å². The minimum atomic E-state index is -0.0380. The predicted molar refractivity (Wildman–Crippen MR) is 53.1 cm³/mol. The molecule has 4 nitrogen and oxygen atoms in total. The SMILES string of the molecule is Cc1ccc(C(=O)NC2CNC2)cn1. The van der Waals surface area contributed by atoms with Crippen molar-refractivity contribution in [3.63, 3.8) is 0 Å². The van der Waals surface area contributed by atoms with Crippen LogP contribution in [0, 0.1) is 6.92 Å². The van der Waals surface area contributed by atoms with E-state index in [4.69, 9.17) is 0 Å². The zero-order valence-corrected chi connectivity index (χ0v) is 8.08. The van der Waals surface area contributed by atoms with Gasteiger partial charge in [0.1, 0.15) is 0 Å². The maximum Gasteiger partial charge on any atom is 0.253 e. The van der Waals surface area contributed by atoms with Crippen LogP contribution in [0.2, 0.25) is 0 Å². The maximum absolute atomic E-state index is 11.6. The average Bonchev–Trinajstić information content (AvgIpc) is 2.12. The number of aryl methyl sites for hydroxylation is 1. The highest BCUT2D eigenvalue weighted by Gasteiger charge is 2.19. The Morgan fingerprint density at radius 2 is 2.36 bits per heavy atom. The summed E-state index contributed by atoms with van der Waals surface area (Å²) < 4.78 is 0. The van der Waals surface area contributed by atoms with Crippen LogP contribution in [-0.4, -0.2) is 30.0 Å². The molecule has 14 heavy (non-hydrogen) atoms. The van der Waals surface area contributed by atoms with Gasteiger partial charge in [0.25, 0.3) is 5.91 Å². The first-order valence-corrected chi connectivity index (χ1v) is 4.70. The fourth-order valence-electron chi connectivity index (χ4n) is 1.26. The minimum absolute atomic E-state index is 0.0380. The van der Waals surface area contributed by atoms with Crippen molar-refractivity contribution >= 4 is 5.91 Å². The molecule has 0 saturated carbocycles. The monoisotopic (exact) mass is 191 g/mol. The van der Waals surface area contributed by atoms with Crippen molar-refractivity contribution in [1.29, 1.82) is 0 Å². The van der Waals surface area contributed by atoms with E-state index in [1.807, 2.05) is 13.0 Å². The van der Waals surface area contributed by atoms with Gasteiger partial charge in [0.05, 0.1) is 11.6 Å². The second-order valence-electron chi connectivity index (χ2n) is 3.52. The van der Waals surface area contributed by atoms with Crippen LogP contribution in [0.5, 0.6) is 0 Å². The highest BCUT2D eigenvalue weighted by Crippen LogP contribution is 2.00. The van der Waals surface area contributed by atoms with Gasteiger partial charge in [-0.2, -0.15) is 0 Å². The summed E-state index contributed by atoms with van der Waals surface area (Å²) in [7, 11) is 0. The molecule has 1 aromatic heterocycles. The Balaban J connectivity index is 1.99. The van der Waals surface area contributed by atoms with E-state index >= 15 is 0 Å². The highest BCUT2D eigenvalue weighted by atomic mass is 16.1. The Kier molecular flexibility index (Phi) is 2.45. The Morgan fingerprint density at radius 3 is 2.86 bits per heavy atom. The van der Waals surface area contributed by atoms with Crippen molar-refractivity contribution in [3.8, 4) is 0 Å². The van der Waals surface area contributed by atoms with Gasteiger partial charge in [0.2, 0.25) is 0 Å². The molecule has 1 saturated heterocycles. The molecule has 1 aliphatic heterocycles. The van der Waals surface area contributed by atoms with Crippen molar-refractivity contribution in [2.45, 2.75) is 13.0 Å². The quantitative estimate of drug-likeness (QED) is 0.696. The molecule has 0 aliphatic carbocycles. The third-order valence-electron chi connectivity index (χ3n) is 2.29. The van der Waals surface area contributed by atoms with Gasteiger partial charge in [0, 0.05) is 25.0 Å². The second-order valence-corrected chi connectivity index (χ2v) is 3.52. The maximum atomic E-state index is 11.6. The summed E-state index contributed by atoms with van der Waals surface area (Å²) in [6, 6.07) is 3.92. The number of hydrogen-bond acceptors (Lipinski definition) is 3. The largest absolute Gasteiger partial charge is 0.347 e. The van der Waals surface area contributed by atoms with Gasteiger partial charge in [-0.15, -0.1) is 0 Å². The molecule has 1 aliphatic rings. The molecule has 0 spiro atoms. The minimum Gasteiger partial charge on any atom is -0.347 e. The first-order chi connectivity index (χ1) is 6.75. The lowest BCUT2D eigenvalue weighted by atomic mass is 10.1. The van der Waals surface area contributed by atoms with Gasteiger partial charge < -0.3 is 10.6 Å². The number of pyridine rings is 1. The van der Waals surface area contributed by atoms with E-state index in [1.165, 1.54) is 0 Å². The highest BCUT2D eigenvalue weighted by molar-refractivity contribution is 5.94. The predicted octanol–water partition coefficient (Wildman–Crippen LogP) is 0.0916. The number of nitrogens with one attached hydrogen (secondary N) is 2. The van der Waals surface area contributed by atoms with Crippen molar-refractivity contribution < 1.29 is 4.79 Å². The third-order valence-corrected chi connectivity index (χ3v) is 2.29. The molecule has 74 valence electrons. The summed E-state index contributed by atoms with van der Waals surface area (Å²) in [4.78, 5) is 15.7. The van der Waals surface area contributed by atoms with Crippen molar-refractivity contribution in [1.82, 2.24) is 15.6 Å². The van der Waals surface area contributed by atoms with E-state index in [-0.39, 0.29) is 11.9 Å². The summed E-state index contributed by atoms with van der Waals surface area (Å²) in [6.07, 6.45) is 1.61. The fourth-order valence-corrected chi connectivity index (χ4v) is 1.26. The number of amides is 1. The average molecular weight is 191 g/mol. The molecule has 0 radical (unpaired) electrons. The molecule has 2 heterocycles. The zero-order chi connectivity index (χ0) is 9.97. The summed E-state index contributed by atoms with van der Waals surface area (Å²) in [5.74, 6) is -0.0380. The normalized spacial score (nSPS) is 16.1. The number of carbonyl (C=O) groups is 1. The van der Waals surface area contributed by atoms with Crippen LogP contribution >= 0.6 is 0 Å². The summed E-state index contributed by atoms with van der Waals surface area (Å²) >= 11 is 0. The van der Waals surface area contributed by atoms with Crippen LogP contribution < -0.4 is 10.6 Å². The van der Waals surface area contributed by atoms with Gasteiger partial charge >= 0.3 is 0 Å². The van der Waals surface area contributed by atoms with E-state index < -0.39 is 0 Å². The van der Waals surface area contributed by atoms with Gasteiger partial charge in [-0.1, -0.05) is 0 Å². The van der Waals surface area contributed by atoms with Crippen molar-refractivity contribution in [2.75, 3.05) is 13.1 Å². The second kappa shape index (κ2) is 3.75. The van der Waals surface area contributed by atoms with E-state index in [1.54, 1.807) is 12.3 Å². The molecular formula is C10H13N3O. The third kappa shape index (κ3) is 1.90. The lowest BCUT2D eigenvalue weighted by molar-refractivity contribution is 0.0923. The number of nitrogens with zero attached hydrogens (tertiary/aromatic N) is 1. The topological polar surface area (TPSA) is 54.0 Å². The summed E-state index contributed by atoms with van der Waals surface area (Å²) in [5, 5.41) is 6.01. The molecule has 2 N–H and O–H groups in total. The van der Waals surface area contributed by atoms with Crippen molar-refractivity contribution in [3.05, 3.63) is 29.6 Å². The molecule has 0 unspecified atom stereocenters. The van der Waals surface area contributed by atoms with Gasteiger partial charge in [-0.3, -0.25) is 9.78 Å². The molecule has 0 aromatic carbocycles. The number of hydrogen-bond donors (Lipinski definition) is 2. The summed E-state index contributed by atoms with van der Waals surface area (Å²) in [6.45, 7) is 3.63. The molecule has 2 rings (SSSR count). The van der Waals surface area contributed by atoms with Crippen LogP contribution in [0.25, 0.3) is 0 Å². The Labute approximate surface area is 82.7 Å². The Hall–Kier alpha value is -1.42. The van der Waals surface area contributed by atoms with E-state index in [0.717, 1.165) is 18.8 Å². The van der Waals surface area contributed by atoms with Crippen molar-refractivity contribution in [2.24, 2.45) is 0 Å². The van der Waals surface area contributed by atoms with Gasteiger partial charge in [-0.05, 0) is 19.1 Å². The van der Waals surface area contributed by atoms with Crippen LogP contribution in [0.15, 0.2) is 18.3 Å². The molecule has 1 amide bonds. The molecular weight excluding hydrogens is 178 g/mol. The first kappa shape index (κ1) is 9.15. The van der Waals surface area contributed by atoms with Crippen LogP contribution in [-0.2, 0) is 0 Å². The van der Waals surface area contributed by atoms with Crippen LogP contribution in [0.3, 0.4) is 0 Å². The van der Waals surface area contributed by atoms with Crippen LogP contribution in [0.1, 0.15) is 16.1 Å². The lowest BCUT2D eigenvalue weighted by Crippen LogP contribution is -2.56. The number of aromatic nitrogens is 1. The van der Waals surface area contributed by atoms with E-state index in [9.17, 15) is 4.79 Å². The number of rotatable bonds is 2. The summed E-state index contributed by atoms with van der Waals surface area (Å²) in [5.41, 5.74) is 1.55. The van der Waals surface area contributed by atoms with E-state index in [0.29, 0.717) is 5.56 Å². The number of carbonyl (C=O) groups excluding carboxylic acids is 1. The molecule has 1 fully saturated rings. The van der Waals surface area contributed by atoms with Crippen LogP contribution in [0.4, 0.5) is 0 Å². The fraction of sp³-hybridized carbons (Fsp3) is 0.400. The molecule has 0 atom stereocenters. The lowest BCUT2D eigenvalue weighted by Gasteiger charge is -2.27. The molecule has 4 heteroatoms. The molecule has 1 aromatic rings. The van der Waals surface area contributed by atoms with Gasteiger partial charge in [0.15, 0.2) is 0 Å². The Morgan fingerprint density at radius 1 is 1.57 bits per heavy atom. The Bertz CT molecular complexity index is 330.